The van der Waals surface area contributed by atoms with Crippen molar-refractivity contribution in [3.63, 3.8) is 0 Å². The highest BCUT2D eigenvalue weighted by atomic mass is 32.1. The van der Waals surface area contributed by atoms with Gasteiger partial charge in [-0.2, -0.15) is 0 Å². The van der Waals surface area contributed by atoms with Gasteiger partial charge in [-0.1, -0.05) is 25.2 Å². The van der Waals surface area contributed by atoms with Gasteiger partial charge in [-0.25, -0.2) is 4.98 Å². The maximum absolute atomic E-state index is 12.0. The number of amides is 1. The molecular weight excluding hydrogens is 248 g/mol. The van der Waals surface area contributed by atoms with Crippen molar-refractivity contribution in [2.45, 2.75) is 39.7 Å². The van der Waals surface area contributed by atoms with E-state index in [1.807, 2.05) is 6.92 Å². The first kappa shape index (κ1) is 14.8. The lowest BCUT2D eigenvalue weighted by molar-refractivity contribution is 0.0942. The minimum absolute atomic E-state index is 0.136. The first-order chi connectivity index (χ1) is 8.43. The number of thiazole rings is 1. The molecule has 0 aromatic carbocycles. The minimum atomic E-state index is -0.136. The van der Waals surface area contributed by atoms with Crippen molar-refractivity contribution in [1.29, 1.82) is 0 Å². The van der Waals surface area contributed by atoms with E-state index in [0.717, 1.165) is 12.8 Å². The minimum Gasteiger partial charge on any atom is -0.382 e. The molecule has 0 spiro atoms. The monoisotopic (exact) mass is 270 g/mol. The number of nitrogens with zero attached hydrogens (tertiary/aromatic N) is 1. The van der Waals surface area contributed by atoms with E-state index in [1.165, 1.54) is 11.3 Å². The maximum atomic E-state index is 12.0. The van der Waals surface area contributed by atoms with Gasteiger partial charge in [0.2, 0.25) is 0 Å². The number of hydrogen-bond donors (Lipinski definition) is 3. The Kier molecular flexibility index (Phi) is 5.40. The SMILES string of the molecule is CNc1nc(N)c(C(=O)NC(C)CCC(C)C)s1. The van der Waals surface area contributed by atoms with Crippen LogP contribution in [0.1, 0.15) is 43.3 Å². The lowest BCUT2D eigenvalue weighted by atomic mass is 10.0. The molecule has 6 heteroatoms. The third kappa shape index (κ3) is 4.18. The maximum Gasteiger partial charge on any atom is 0.265 e. The molecule has 0 bridgehead atoms. The van der Waals surface area contributed by atoms with Crippen molar-refractivity contribution in [1.82, 2.24) is 10.3 Å². The summed E-state index contributed by atoms with van der Waals surface area (Å²) in [5, 5.41) is 6.50. The molecule has 1 unspecified atom stereocenters. The van der Waals surface area contributed by atoms with E-state index in [1.54, 1.807) is 7.05 Å². The van der Waals surface area contributed by atoms with Gasteiger partial charge in [-0.15, -0.1) is 0 Å². The lowest BCUT2D eigenvalue weighted by Gasteiger charge is -2.14. The highest BCUT2D eigenvalue weighted by molar-refractivity contribution is 7.18. The quantitative estimate of drug-likeness (QED) is 0.741. The van der Waals surface area contributed by atoms with Crippen LogP contribution in [-0.2, 0) is 0 Å². The van der Waals surface area contributed by atoms with Crippen LogP contribution in [0.5, 0.6) is 0 Å². The van der Waals surface area contributed by atoms with Crippen LogP contribution >= 0.6 is 11.3 Å². The van der Waals surface area contributed by atoms with Gasteiger partial charge in [-0.3, -0.25) is 4.79 Å². The summed E-state index contributed by atoms with van der Waals surface area (Å²) >= 11 is 1.27. The van der Waals surface area contributed by atoms with Crippen LogP contribution in [0.25, 0.3) is 0 Å². The van der Waals surface area contributed by atoms with Crippen molar-refractivity contribution in [3.8, 4) is 0 Å². The highest BCUT2D eigenvalue weighted by Gasteiger charge is 2.17. The van der Waals surface area contributed by atoms with Gasteiger partial charge < -0.3 is 16.4 Å². The molecule has 102 valence electrons. The molecule has 0 saturated carbocycles. The van der Waals surface area contributed by atoms with E-state index < -0.39 is 0 Å². The second kappa shape index (κ2) is 6.58. The molecule has 18 heavy (non-hydrogen) atoms. The summed E-state index contributed by atoms with van der Waals surface area (Å²) in [5.41, 5.74) is 5.71. The van der Waals surface area contributed by atoms with Crippen molar-refractivity contribution >= 4 is 28.2 Å². The first-order valence-electron chi connectivity index (χ1n) is 6.19. The molecule has 1 heterocycles. The van der Waals surface area contributed by atoms with Gasteiger partial charge in [-0.05, 0) is 25.7 Å². The molecule has 1 amide bonds. The molecule has 5 nitrogen and oxygen atoms in total. The molecule has 0 saturated heterocycles. The Bertz CT molecular complexity index is 403. The van der Waals surface area contributed by atoms with Crippen LogP contribution < -0.4 is 16.4 Å². The van der Waals surface area contributed by atoms with Crippen molar-refractivity contribution in [2.75, 3.05) is 18.1 Å². The standard InChI is InChI=1S/C12H22N4OS/c1-7(2)5-6-8(3)15-11(17)9-10(13)16-12(14-4)18-9/h7-8H,5-6,13H2,1-4H3,(H,14,16)(H,15,17). The Balaban J connectivity index is 2.56. The summed E-state index contributed by atoms with van der Waals surface area (Å²) in [6.45, 7) is 6.36. The number of anilines is 2. The summed E-state index contributed by atoms with van der Waals surface area (Å²) in [6, 6.07) is 0.152. The molecule has 0 aliphatic heterocycles. The summed E-state index contributed by atoms with van der Waals surface area (Å²) in [6.07, 6.45) is 2.07. The molecule has 0 aliphatic carbocycles. The van der Waals surface area contributed by atoms with E-state index in [2.05, 4.69) is 29.5 Å². The van der Waals surface area contributed by atoms with Crippen LogP contribution in [-0.4, -0.2) is 24.0 Å². The Labute approximate surface area is 112 Å². The molecule has 0 fully saturated rings. The Morgan fingerprint density at radius 2 is 2.06 bits per heavy atom. The van der Waals surface area contributed by atoms with Crippen LogP contribution in [0.3, 0.4) is 0 Å². The molecule has 0 radical (unpaired) electrons. The van der Waals surface area contributed by atoms with Crippen molar-refractivity contribution < 1.29 is 4.79 Å². The summed E-state index contributed by atoms with van der Waals surface area (Å²) < 4.78 is 0. The van der Waals surface area contributed by atoms with E-state index in [-0.39, 0.29) is 17.8 Å². The lowest BCUT2D eigenvalue weighted by Crippen LogP contribution is -2.32. The number of nitrogens with two attached hydrogens (primary N) is 1. The van der Waals surface area contributed by atoms with Crippen LogP contribution in [0.15, 0.2) is 0 Å². The fourth-order valence-electron chi connectivity index (χ4n) is 1.55. The zero-order chi connectivity index (χ0) is 13.7. The average molecular weight is 270 g/mol. The molecule has 1 rings (SSSR count). The van der Waals surface area contributed by atoms with Gasteiger partial charge in [0, 0.05) is 13.1 Å². The fraction of sp³-hybridized carbons (Fsp3) is 0.667. The third-order valence-electron chi connectivity index (χ3n) is 2.63. The number of aromatic nitrogens is 1. The topological polar surface area (TPSA) is 80.0 Å². The number of hydrogen-bond acceptors (Lipinski definition) is 5. The molecule has 1 aromatic rings. The smallest absolute Gasteiger partial charge is 0.265 e. The van der Waals surface area contributed by atoms with Crippen LogP contribution in [0.2, 0.25) is 0 Å². The number of carbonyl (C=O) groups is 1. The first-order valence-corrected chi connectivity index (χ1v) is 7.00. The normalized spacial score (nSPS) is 12.5. The molecule has 4 N–H and O–H groups in total. The second-order valence-electron chi connectivity index (χ2n) is 4.83. The average Bonchev–Trinajstić information content (AvgIpc) is 2.68. The molecule has 0 aliphatic rings. The Hall–Kier alpha value is -1.30. The summed E-state index contributed by atoms with van der Waals surface area (Å²) in [4.78, 5) is 16.5. The highest BCUT2D eigenvalue weighted by Crippen LogP contribution is 2.24. The van der Waals surface area contributed by atoms with Gasteiger partial charge in [0.1, 0.15) is 10.7 Å². The predicted octanol–water partition coefficient (Wildman–Crippen LogP) is 2.32. The molecule has 1 aromatic heterocycles. The number of nitrogen functional groups attached to an aromatic ring is 1. The van der Waals surface area contributed by atoms with E-state index in [4.69, 9.17) is 5.73 Å². The van der Waals surface area contributed by atoms with E-state index in [0.29, 0.717) is 15.9 Å². The molecular formula is C12H22N4OS. The van der Waals surface area contributed by atoms with Gasteiger partial charge in [0.15, 0.2) is 5.13 Å². The van der Waals surface area contributed by atoms with Gasteiger partial charge in [0.05, 0.1) is 0 Å². The second-order valence-corrected chi connectivity index (χ2v) is 5.83. The van der Waals surface area contributed by atoms with E-state index >= 15 is 0 Å². The zero-order valence-electron chi connectivity index (χ0n) is 11.4. The predicted molar refractivity (Wildman–Crippen MR) is 77.1 cm³/mol. The number of carbonyl (C=O) groups excluding carboxylic acids is 1. The van der Waals surface area contributed by atoms with E-state index in [9.17, 15) is 4.79 Å². The Morgan fingerprint density at radius 1 is 1.39 bits per heavy atom. The van der Waals surface area contributed by atoms with Crippen LogP contribution in [0.4, 0.5) is 10.9 Å². The van der Waals surface area contributed by atoms with Crippen molar-refractivity contribution in [3.05, 3.63) is 4.88 Å². The van der Waals surface area contributed by atoms with Gasteiger partial charge >= 0.3 is 0 Å². The van der Waals surface area contributed by atoms with Crippen molar-refractivity contribution in [2.24, 2.45) is 5.92 Å². The number of rotatable bonds is 6. The summed E-state index contributed by atoms with van der Waals surface area (Å²) in [5.74, 6) is 0.800. The zero-order valence-corrected chi connectivity index (χ0v) is 12.2. The molecule has 1 atom stereocenters. The third-order valence-corrected chi connectivity index (χ3v) is 3.72. The Morgan fingerprint density at radius 3 is 2.56 bits per heavy atom. The number of nitrogens with one attached hydrogen (secondary N) is 2. The largest absolute Gasteiger partial charge is 0.382 e. The fourth-order valence-corrected chi connectivity index (χ4v) is 2.29. The van der Waals surface area contributed by atoms with Crippen LogP contribution in [0, 0.1) is 5.92 Å². The van der Waals surface area contributed by atoms with Gasteiger partial charge in [0.25, 0.3) is 5.91 Å². The summed E-state index contributed by atoms with van der Waals surface area (Å²) in [7, 11) is 1.76.